The standard InChI is InChI=1S/C24H31FN2O3S/c1-15-14-16(2)18(4)23(17(15)3)31(29,30)27-12-10-21(11-13-27)24(28)26-19(5)20-6-8-22(25)9-7-20/h6-9,14,19,21H,10-13H2,1-5H3,(H,26,28). The van der Waals surface area contributed by atoms with Crippen molar-refractivity contribution in [3.63, 3.8) is 0 Å². The van der Waals surface area contributed by atoms with Gasteiger partial charge in [0.15, 0.2) is 0 Å². The molecule has 3 rings (SSSR count). The monoisotopic (exact) mass is 446 g/mol. The molecule has 0 bridgehead atoms. The van der Waals surface area contributed by atoms with Crippen LogP contribution in [0.25, 0.3) is 0 Å². The van der Waals surface area contributed by atoms with Crippen LogP contribution < -0.4 is 5.32 Å². The van der Waals surface area contributed by atoms with Gasteiger partial charge in [-0.2, -0.15) is 4.31 Å². The van der Waals surface area contributed by atoms with E-state index in [1.807, 2.05) is 40.7 Å². The molecular weight excluding hydrogens is 415 g/mol. The lowest BCUT2D eigenvalue weighted by Gasteiger charge is -2.32. The Labute approximate surface area is 184 Å². The summed E-state index contributed by atoms with van der Waals surface area (Å²) in [6.45, 7) is 10.1. The van der Waals surface area contributed by atoms with Gasteiger partial charge in [-0.25, -0.2) is 12.8 Å². The summed E-state index contributed by atoms with van der Waals surface area (Å²) in [6.07, 6.45) is 0.953. The van der Waals surface area contributed by atoms with Crippen molar-refractivity contribution >= 4 is 15.9 Å². The van der Waals surface area contributed by atoms with Gasteiger partial charge in [-0.05, 0) is 87.4 Å². The van der Waals surface area contributed by atoms with E-state index in [4.69, 9.17) is 0 Å². The molecule has 2 aromatic carbocycles. The van der Waals surface area contributed by atoms with Crippen molar-refractivity contribution in [2.24, 2.45) is 5.92 Å². The fourth-order valence-corrected chi connectivity index (χ4v) is 6.27. The third-order valence-corrected chi connectivity index (χ3v) is 8.62. The zero-order valence-corrected chi connectivity index (χ0v) is 19.6. The quantitative estimate of drug-likeness (QED) is 0.743. The fourth-order valence-electron chi connectivity index (χ4n) is 4.22. The molecule has 0 aliphatic carbocycles. The largest absolute Gasteiger partial charge is 0.349 e. The zero-order valence-electron chi connectivity index (χ0n) is 18.8. The number of piperidine rings is 1. The maximum Gasteiger partial charge on any atom is 0.243 e. The second kappa shape index (κ2) is 9.09. The van der Waals surface area contributed by atoms with E-state index in [-0.39, 0.29) is 23.7 Å². The van der Waals surface area contributed by atoms with E-state index in [0.29, 0.717) is 30.8 Å². The van der Waals surface area contributed by atoms with E-state index in [2.05, 4.69) is 5.32 Å². The molecule has 0 saturated carbocycles. The molecule has 1 fully saturated rings. The van der Waals surface area contributed by atoms with Gasteiger partial charge in [0, 0.05) is 19.0 Å². The van der Waals surface area contributed by atoms with Gasteiger partial charge in [-0.3, -0.25) is 4.79 Å². The summed E-state index contributed by atoms with van der Waals surface area (Å²) >= 11 is 0. The van der Waals surface area contributed by atoms with Gasteiger partial charge in [0.2, 0.25) is 15.9 Å². The Morgan fingerprint density at radius 1 is 1.03 bits per heavy atom. The van der Waals surface area contributed by atoms with Gasteiger partial charge in [0.05, 0.1) is 10.9 Å². The molecular formula is C24H31FN2O3S. The third-order valence-electron chi connectivity index (χ3n) is 6.45. The van der Waals surface area contributed by atoms with Crippen LogP contribution in [0.15, 0.2) is 35.2 Å². The lowest BCUT2D eigenvalue weighted by Crippen LogP contribution is -2.43. The van der Waals surface area contributed by atoms with Crippen LogP contribution in [0.2, 0.25) is 0 Å². The maximum absolute atomic E-state index is 13.4. The van der Waals surface area contributed by atoms with Gasteiger partial charge in [-0.1, -0.05) is 18.2 Å². The topological polar surface area (TPSA) is 66.5 Å². The number of nitrogens with zero attached hydrogens (tertiary/aromatic N) is 1. The first-order valence-corrected chi connectivity index (χ1v) is 12.1. The average Bonchev–Trinajstić information content (AvgIpc) is 2.73. The molecule has 0 aromatic heterocycles. The second-order valence-corrected chi connectivity index (χ2v) is 10.4. The number of carbonyl (C=O) groups excluding carboxylic acids is 1. The van der Waals surface area contributed by atoms with Gasteiger partial charge < -0.3 is 5.32 Å². The van der Waals surface area contributed by atoms with Crippen molar-refractivity contribution in [1.29, 1.82) is 0 Å². The minimum absolute atomic E-state index is 0.0902. The Hall–Kier alpha value is -2.25. The number of carbonyl (C=O) groups is 1. The van der Waals surface area contributed by atoms with Crippen LogP contribution in [0, 0.1) is 39.4 Å². The molecule has 168 valence electrons. The summed E-state index contributed by atoms with van der Waals surface area (Å²) in [5.74, 6) is -0.645. The Bertz CT molecular complexity index is 1050. The predicted octanol–water partition coefficient (Wildman–Crippen LogP) is 4.34. The third kappa shape index (κ3) is 4.83. The lowest BCUT2D eigenvalue weighted by atomic mass is 9.96. The molecule has 31 heavy (non-hydrogen) atoms. The Morgan fingerprint density at radius 2 is 1.55 bits per heavy atom. The van der Waals surface area contributed by atoms with Crippen LogP contribution in [-0.4, -0.2) is 31.7 Å². The summed E-state index contributed by atoms with van der Waals surface area (Å²) in [4.78, 5) is 13.1. The van der Waals surface area contributed by atoms with Crippen molar-refractivity contribution in [1.82, 2.24) is 9.62 Å². The van der Waals surface area contributed by atoms with Crippen molar-refractivity contribution in [2.45, 2.75) is 58.4 Å². The molecule has 1 N–H and O–H groups in total. The van der Waals surface area contributed by atoms with Gasteiger partial charge in [-0.15, -0.1) is 0 Å². The smallest absolute Gasteiger partial charge is 0.243 e. The fraction of sp³-hybridized carbons (Fsp3) is 0.458. The molecule has 7 heteroatoms. The highest BCUT2D eigenvalue weighted by molar-refractivity contribution is 7.89. The molecule has 5 nitrogen and oxygen atoms in total. The Balaban J connectivity index is 1.68. The minimum atomic E-state index is -3.62. The summed E-state index contributed by atoms with van der Waals surface area (Å²) in [5, 5.41) is 2.97. The highest BCUT2D eigenvalue weighted by atomic mass is 32.2. The number of halogens is 1. The van der Waals surface area contributed by atoms with E-state index in [1.54, 1.807) is 12.1 Å². The number of hydrogen-bond acceptors (Lipinski definition) is 3. The summed E-state index contributed by atoms with van der Waals surface area (Å²) in [6, 6.07) is 7.84. The number of benzene rings is 2. The normalized spacial score (nSPS) is 16.8. The lowest BCUT2D eigenvalue weighted by molar-refractivity contribution is -0.126. The maximum atomic E-state index is 13.4. The Kier molecular flexibility index (Phi) is 6.86. The van der Waals surface area contributed by atoms with Crippen molar-refractivity contribution in [2.75, 3.05) is 13.1 Å². The number of hydrogen-bond donors (Lipinski definition) is 1. The van der Waals surface area contributed by atoms with Crippen molar-refractivity contribution < 1.29 is 17.6 Å². The molecule has 2 aromatic rings. The van der Waals surface area contributed by atoms with Gasteiger partial charge >= 0.3 is 0 Å². The molecule has 1 saturated heterocycles. The van der Waals surface area contributed by atoms with E-state index in [9.17, 15) is 17.6 Å². The van der Waals surface area contributed by atoms with E-state index in [1.165, 1.54) is 16.4 Å². The second-order valence-electron chi connectivity index (χ2n) is 8.55. The molecule has 1 aliphatic rings. The SMILES string of the molecule is Cc1cc(C)c(C)c(S(=O)(=O)N2CCC(C(=O)NC(C)c3ccc(F)cc3)CC2)c1C. The highest BCUT2D eigenvalue weighted by Crippen LogP contribution is 2.31. The average molecular weight is 447 g/mol. The first kappa shape index (κ1) is 23.4. The van der Waals surface area contributed by atoms with Crippen LogP contribution in [-0.2, 0) is 14.8 Å². The van der Waals surface area contributed by atoms with Gasteiger partial charge in [0.1, 0.15) is 5.82 Å². The molecule has 1 amide bonds. The summed E-state index contributed by atoms with van der Waals surface area (Å²) < 4.78 is 41.4. The van der Waals surface area contributed by atoms with Crippen LogP contribution >= 0.6 is 0 Å². The number of sulfonamides is 1. The molecule has 1 atom stereocenters. The van der Waals surface area contributed by atoms with Crippen LogP contribution in [0.5, 0.6) is 0 Å². The van der Waals surface area contributed by atoms with Crippen LogP contribution in [0.3, 0.4) is 0 Å². The van der Waals surface area contributed by atoms with Gasteiger partial charge in [0.25, 0.3) is 0 Å². The van der Waals surface area contributed by atoms with E-state index >= 15 is 0 Å². The van der Waals surface area contributed by atoms with Crippen LogP contribution in [0.1, 0.15) is 53.6 Å². The molecule has 1 unspecified atom stereocenters. The van der Waals surface area contributed by atoms with Crippen molar-refractivity contribution in [3.05, 3.63) is 64.0 Å². The first-order valence-electron chi connectivity index (χ1n) is 10.7. The molecule has 1 aliphatic heterocycles. The number of amides is 1. The number of rotatable bonds is 5. The van der Waals surface area contributed by atoms with Crippen molar-refractivity contribution in [3.8, 4) is 0 Å². The Morgan fingerprint density at radius 3 is 2.06 bits per heavy atom. The zero-order chi connectivity index (χ0) is 22.9. The van der Waals surface area contributed by atoms with E-state index < -0.39 is 10.0 Å². The minimum Gasteiger partial charge on any atom is -0.349 e. The summed E-state index contributed by atoms with van der Waals surface area (Å²) in [5.41, 5.74) is 4.33. The summed E-state index contributed by atoms with van der Waals surface area (Å²) in [7, 11) is -3.62. The molecule has 1 heterocycles. The number of nitrogens with one attached hydrogen (secondary N) is 1. The van der Waals surface area contributed by atoms with Crippen LogP contribution in [0.4, 0.5) is 4.39 Å². The first-order chi connectivity index (χ1) is 14.5. The number of aryl methyl sites for hydroxylation is 2. The van der Waals surface area contributed by atoms with E-state index in [0.717, 1.165) is 27.8 Å². The predicted molar refractivity (Wildman–Crippen MR) is 120 cm³/mol. The highest BCUT2D eigenvalue weighted by Gasteiger charge is 2.34. The molecule has 0 radical (unpaired) electrons. The molecule has 0 spiro atoms.